The van der Waals surface area contributed by atoms with Gasteiger partial charge in [-0.25, -0.2) is 4.98 Å². The number of carbonyl (C=O) groups excluding carboxylic acids is 1. The SMILES string of the molecule is CC1(NC(=O)Cn2cnc3c2CCCC3)CCCCC1C(=O)O. The Balaban J connectivity index is 1.69. The van der Waals surface area contributed by atoms with Gasteiger partial charge in [-0.1, -0.05) is 12.8 Å². The quantitative estimate of drug-likeness (QED) is 0.888. The number of aryl methyl sites for hydroxylation is 1. The maximum Gasteiger partial charge on any atom is 0.308 e. The molecule has 2 aliphatic rings. The van der Waals surface area contributed by atoms with E-state index in [4.69, 9.17) is 0 Å². The minimum Gasteiger partial charge on any atom is -0.481 e. The Labute approximate surface area is 136 Å². The minimum atomic E-state index is -0.812. The highest BCUT2D eigenvalue weighted by Gasteiger charge is 2.42. The van der Waals surface area contributed by atoms with Crippen molar-refractivity contribution in [2.45, 2.75) is 70.4 Å². The van der Waals surface area contributed by atoms with Crippen molar-refractivity contribution in [2.24, 2.45) is 5.92 Å². The van der Waals surface area contributed by atoms with Crippen LogP contribution in [0.3, 0.4) is 0 Å². The Kier molecular flexibility index (Phi) is 4.41. The molecule has 1 amide bonds. The van der Waals surface area contributed by atoms with E-state index in [-0.39, 0.29) is 12.5 Å². The minimum absolute atomic E-state index is 0.119. The number of aromatic nitrogens is 2. The summed E-state index contributed by atoms with van der Waals surface area (Å²) in [5.74, 6) is -1.43. The van der Waals surface area contributed by atoms with Crippen molar-refractivity contribution in [3.63, 3.8) is 0 Å². The van der Waals surface area contributed by atoms with Crippen LogP contribution in [0.1, 0.15) is 56.8 Å². The van der Waals surface area contributed by atoms with Gasteiger partial charge in [0.2, 0.25) is 5.91 Å². The molecule has 2 aliphatic carbocycles. The standard InChI is InChI=1S/C17H25N3O3/c1-17(9-5-4-6-12(17)16(22)23)19-15(21)10-20-11-18-13-7-2-3-8-14(13)20/h11-12H,2-10H2,1H3,(H,19,21)(H,22,23). The van der Waals surface area contributed by atoms with Gasteiger partial charge in [0, 0.05) is 5.69 Å². The third-order valence-electron chi connectivity index (χ3n) is 5.35. The molecule has 2 unspecified atom stereocenters. The zero-order chi connectivity index (χ0) is 16.4. The lowest BCUT2D eigenvalue weighted by molar-refractivity contribution is -0.146. The van der Waals surface area contributed by atoms with Gasteiger partial charge < -0.3 is 15.0 Å². The van der Waals surface area contributed by atoms with Crippen molar-refractivity contribution in [1.29, 1.82) is 0 Å². The first-order valence-electron chi connectivity index (χ1n) is 8.56. The second-order valence-electron chi connectivity index (χ2n) is 7.08. The molecule has 6 nitrogen and oxygen atoms in total. The van der Waals surface area contributed by atoms with Crippen molar-refractivity contribution in [3.05, 3.63) is 17.7 Å². The lowest BCUT2D eigenvalue weighted by Gasteiger charge is -2.39. The van der Waals surface area contributed by atoms with E-state index in [1.54, 1.807) is 6.33 Å². The number of amides is 1. The summed E-state index contributed by atoms with van der Waals surface area (Å²) in [7, 11) is 0. The maximum atomic E-state index is 12.5. The Bertz CT molecular complexity index is 610. The Morgan fingerprint density at radius 1 is 1.35 bits per heavy atom. The number of imidazole rings is 1. The van der Waals surface area contributed by atoms with Crippen molar-refractivity contribution in [2.75, 3.05) is 0 Å². The first-order valence-corrected chi connectivity index (χ1v) is 8.56. The molecule has 2 atom stereocenters. The highest BCUT2D eigenvalue weighted by atomic mass is 16.4. The zero-order valence-corrected chi connectivity index (χ0v) is 13.7. The number of hydrogen-bond acceptors (Lipinski definition) is 3. The summed E-state index contributed by atoms with van der Waals surface area (Å²) in [6.07, 6.45) is 9.23. The van der Waals surface area contributed by atoms with Crippen LogP contribution in [0.15, 0.2) is 6.33 Å². The molecule has 1 aromatic heterocycles. The molecule has 126 valence electrons. The molecular formula is C17H25N3O3. The summed E-state index contributed by atoms with van der Waals surface area (Å²) in [6.45, 7) is 2.09. The Hall–Kier alpha value is -1.85. The summed E-state index contributed by atoms with van der Waals surface area (Å²) < 4.78 is 1.92. The molecule has 1 fully saturated rings. The van der Waals surface area contributed by atoms with Gasteiger partial charge in [-0.3, -0.25) is 9.59 Å². The van der Waals surface area contributed by atoms with E-state index < -0.39 is 17.4 Å². The van der Waals surface area contributed by atoms with Crippen molar-refractivity contribution in [1.82, 2.24) is 14.9 Å². The molecule has 0 aliphatic heterocycles. The molecule has 6 heteroatoms. The van der Waals surface area contributed by atoms with E-state index in [0.29, 0.717) is 6.42 Å². The molecule has 1 aromatic rings. The van der Waals surface area contributed by atoms with E-state index in [1.165, 1.54) is 0 Å². The van der Waals surface area contributed by atoms with Crippen molar-refractivity contribution in [3.8, 4) is 0 Å². The molecule has 1 heterocycles. The third-order valence-corrected chi connectivity index (χ3v) is 5.35. The zero-order valence-electron chi connectivity index (χ0n) is 13.7. The fourth-order valence-corrected chi connectivity index (χ4v) is 4.06. The summed E-state index contributed by atoms with van der Waals surface area (Å²) >= 11 is 0. The number of hydrogen-bond donors (Lipinski definition) is 2. The molecule has 0 aromatic carbocycles. The van der Waals surface area contributed by atoms with Gasteiger partial charge in [-0.2, -0.15) is 0 Å². The molecule has 0 saturated heterocycles. The second kappa shape index (κ2) is 6.34. The average molecular weight is 319 g/mol. The van der Waals surface area contributed by atoms with Gasteiger partial charge in [0.25, 0.3) is 0 Å². The summed E-state index contributed by atoms with van der Waals surface area (Å²) in [6, 6.07) is 0. The van der Waals surface area contributed by atoms with Crippen LogP contribution in [0, 0.1) is 5.92 Å². The highest BCUT2D eigenvalue weighted by molar-refractivity contribution is 5.79. The maximum absolute atomic E-state index is 12.5. The predicted molar refractivity (Wildman–Crippen MR) is 85.0 cm³/mol. The predicted octanol–water partition coefficient (Wildman–Crippen LogP) is 1.91. The normalized spacial score (nSPS) is 27.3. The van der Waals surface area contributed by atoms with E-state index in [2.05, 4.69) is 10.3 Å². The van der Waals surface area contributed by atoms with E-state index in [1.807, 2.05) is 11.5 Å². The van der Waals surface area contributed by atoms with Crippen LogP contribution < -0.4 is 5.32 Å². The van der Waals surface area contributed by atoms with Gasteiger partial charge >= 0.3 is 5.97 Å². The molecular weight excluding hydrogens is 294 g/mol. The van der Waals surface area contributed by atoms with Crippen LogP contribution in [0.4, 0.5) is 0 Å². The molecule has 1 saturated carbocycles. The van der Waals surface area contributed by atoms with E-state index in [9.17, 15) is 14.7 Å². The van der Waals surface area contributed by atoms with E-state index in [0.717, 1.165) is 56.3 Å². The van der Waals surface area contributed by atoms with Gasteiger partial charge in [-0.05, 0) is 45.4 Å². The number of carboxylic acid groups (broad SMARTS) is 1. The number of carbonyl (C=O) groups is 2. The third kappa shape index (κ3) is 3.26. The number of nitrogens with one attached hydrogen (secondary N) is 1. The fraction of sp³-hybridized carbons (Fsp3) is 0.706. The van der Waals surface area contributed by atoms with Gasteiger partial charge in [0.05, 0.1) is 23.5 Å². The van der Waals surface area contributed by atoms with Crippen molar-refractivity contribution < 1.29 is 14.7 Å². The van der Waals surface area contributed by atoms with Crippen LogP contribution in [0.2, 0.25) is 0 Å². The largest absolute Gasteiger partial charge is 0.481 e. The first kappa shape index (κ1) is 16.0. The number of carboxylic acids is 1. The van der Waals surface area contributed by atoms with Gasteiger partial charge in [0.1, 0.15) is 6.54 Å². The molecule has 3 rings (SSSR count). The summed E-state index contributed by atoms with van der Waals surface area (Å²) in [5, 5.41) is 12.4. The summed E-state index contributed by atoms with van der Waals surface area (Å²) in [4.78, 5) is 28.4. The number of rotatable bonds is 4. The Morgan fingerprint density at radius 2 is 2.13 bits per heavy atom. The Morgan fingerprint density at radius 3 is 2.91 bits per heavy atom. The van der Waals surface area contributed by atoms with Crippen LogP contribution in [-0.2, 0) is 29.0 Å². The molecule has 23 heavy (non-hydrogen) atoms. The highest BCUT2D eigenvalue weighted by Crippen LogP contribution is 2.34. The van der Waals surface area contributed by atoms with Crippen LogP contribution in [0.5, 0.6) is 0 Å². The van der Waals surface area contributed by atoms with Crippen LogP contribution >= 0.6 is 0 Å². The lowest BCUT2D eigenvalue weighted by Crippen LogP contribution is -2.56. The molecule has 0 bridgehead atoms. The molecule has 0 radical (unpaired) electrons. The van der Waals surface area contributed by atoms with Crippen molar-refractivity contribution >= 4 is 11.9 Å². The second-order valence-corrected chi connectivity index (χ2v) is 7.08. The first-order chi connectivity index (χ1) is 11.0. The lowest BCUT2D eigenvalue weighted by atomic mass is 9.74. The van der Waals surface area contributed by atoms with Gasteiger partial charge in [0.15, 0.2) is 0 Å². The molecule has 2 N–H and O–H groups in total. The van der Waals surface area contributed by atoms with Crippen LogP contribution in [-0.4, -0.2) is 32.1 Å². The smallest absolute Gasteiger partial charge is 0.308 e. The summed E-state index contributed by atoms with van der Waals surface area (Å²) in [5.41, 5.74) is 1.62. The van der Waals surface area contributed by atoms with E-state index >= 15 is 0 Å². The topological polar surface area (TPSA) is 84.2 Å². The van der Waals surface area contributed by atoms with Crippen LogP contribution in [0.25, 0.3) is 0 Å². The fourth-order valence-electron chi connectivity index (χ4n) is 4.06. The average Bonchev–Trinajstić information content (AvgIpc) is 2.90. The number of fused-ring (bicyclic) bond motifs is 1. The monoisotopic (exact) mass is 319 g/mol. The molecule has 0 spiro atoms. The number of aliphatic carboxylic acids is 1. The van der Waals surface area contributed by atoms with Gasteiger partial charge in [-0.15, -0.1) is 0 Å². The number of nitrogens with zero attached hydrogens (tertiary/aromatic N) is 2.